The van der Waals surface area contributed by atoms with E-state index < -0.39 is 26.5 Å². The van der Waals surface area contributed by atoms with E-state index in [9.17, 15) is 22.0 Å². The first kappa shape index (κ1) is 23.9. The number of hydrogen-bond acceptors (Lipinski definition) is 5. The number of rotatable bonds is 6. The Morgan fingerprint density at radius 1 is 1.12 bits per heavy atom. The molecule has 10 heteroatoms. The number of fused-ring (bicyclic) bond motifs is 1. The Kier molecular flexibility index (Phi) is 6.95. The van der Waals surface area contributed by atoms with Gasteiger partial charge in [-0.1, -0.05) is 26.2 Å². The van der Waals surface area contributed by atoms with Gasteiger partial charge < -0.3 is 5.21 Å². The molecule has 0 aliphatic heterocycles. The Morgan fingerprint density at radius 3 is 2.48 bits per heavy atom. The molecule has 0 unspecified atom stereocenters. The second-order valence-electron chi connectivity index (χ2n) is 8.81. The third-order valence-corrected chi connectivity index (χ3v) is 8.99. The van der Waals surface area contributed by atoms with Crippen LogP contribution in [0, 0.1) is 11.0 Å². The molecule has 0 saturated heterocycles. The first-order valence-electron chi connectivity index (χ1n) is 11.5. The number of thiol groups is 1. The highest BCUT2D eigenvalue weighted by Gasteiger charge is 2.36. The Bertz CT molecular complexity index is 1240. The van der Waals surface area contributed by atoms with Crippen molar-refractivity contribution in [2.75, 3.05) is 10.5 Å². The highest BCUT2D eigenvalue weighted by atomic mass is 32.2. The molecule has 2 aliphatic carbocycles. The lowest BCUT2D eigenvalue weighted by atomic mass is 9.81. The van der Waals surface area contributed by atoms with E-state index >= 15 is 4.39 Å². The van der Waals surface area contributed by atoms with Crippen molar-refractivity contribution in [3.8, 4) is 11.1 Å². The Balaban J connectivity index is 2.08. The van der Waals surface area contributed by atoms with E-state index in [1.165, 1.54) is 19.1 Å². The maximum absolute atomic E-state index is 15.3. The van der Waals surface area contributed by atoms with Crippen molar-refractivity contribution in [3.05, 3.63) is 46.2 Å². The van der Waals surface area contributed by atoms with Crippen LogP contribution in [0.1, 0.15) is 74.7 Å². The SMILES string of the molecule is CCS(=O)(=O)c1ccc(F)c(-c2c3c([n+]([O-])c(C4CCCCC4)c2N[SH](=O)=O)CCCC3)c1. The predicted octanol–water partition coefficient (Wildman–Crippen LogP) is 3.78. The van der Waals surface area contributed by atoms with Gasteiger partial charge in [0.15, 0.2) is 15.5 Å². The standard InChI is InChI=1S/C23H29FN2O5S2/c1-2-33(30,31)16-12-13-19(24)18(14-16)21-17-10-6-7-11-20(17)26(27)23(22(21)25-32(28)29)15-8-4-3-5-9-15/h12-15,32H,2-11H2,1H3,(H,25,28,29). The maximum atomic E-state index is 15.3. The fourth-order valence-electron chi connectivity index (χ4n) is 5.21. The molecular weight excluding hydrogens is 467 g/mol. The molecule has 0 bridgehead atoms. The van der Waals surface area contributed by atoms with Crippen LogP contribution >= 0.6 is 0 Å². The monoisotopic (exact) mass is 496 g/mol. The average molecular weight is 497 g/mol. The highest BCUT2D eigenvalue weighted by Crippen LogP contribution is 2.44. The minimum atomic E-state index is -3.61. The van der Waals surface area contributed by atoms with E-state index in [4.69, 9.17) is 0 Å². The lowest BCUT2D eigenvalue weighted by Crippen LogP contribution is -2.42. The van der Waals surface area contributed by atoms with Gasteiger partial charge in [-0.2, -0.15) is 4.73 Å². The van der Waals surface area contributed by atoms with E-state index in [1.54, 1.807) is 0 Å². The van der Waals surface area contributed by atoms with Gasteiger partial charge in [-0.15, -0.1) is 0 Å². The molecule has 1 aromatic heterocycles. The van der Waals surface area contributed by atoms with Crippen LogP contribution in [0.15, 0.2) is 23.1 Å². The van der Waals surface area contributed by atoms with Crippen molar-refractivity contribution < 1.29 is 26.0 Å². The topological polar surface area (TPSA) is 107 Å². The summed E-state index contributed by atoms with van der Waals surface area (Å²) in [5.41, 5.74) is 1.87. The van der Waals surface area contributed by atoms with Crippen LogP contribution in [0.5, 0.6) is 0 Å². The lowest BCUT2D eigenvalue weighted by Gasteiger charge is -2.28. The minimum absolute atomic E-state index is 0.0136. The number of benzene rings is 1. The molecule has 0 spiro atoms. The second kappa shape index (κ2) is 9.58. The van der Waals surface area contributed by atoms with Gasteiger partial charge in [0, 0.05) is 29.0 Å². The van der Waals surface area contributed by atoms with Crippen LogP contribution in [-0.2, 0) is 33.6 Å². The van der Waals surface area contributed by atoms with Crippen molar-refractivity contribution in [1.29, 1.82) is 0 Å². The van der Waals surface area contributed by atoms with Crippen molar-refractivity contribution >= 4 is 26.4 Å². The van der Waals surface area contributed by atoms with Crippen LogP contribution in [0.3, 0.4) is 0 Å². The van der Waals surface area contributed by atoms with Gasteiger partial charge in [0.25, 0.3) is 0 Å². The van der Waals surface area contributed by atoms with Gasteiger partial charge >= 0.3 is 0 Å². The fourth-order valence-corrected chi connectivity index (χ4v) is 6.53. The Hall–Kier alpha value is -2.20. The van der Waals surface area contributed by atoms with Crippen molar-refractivity contribution in [1.82, 2.24) is 0 Å². The number of pyridine rings is 1. The van der Waals surface area contributed by atoms with E-state index in [0.29, 0.717) is 35.4 Å². The molecule has 1 fully saturated rings. The summed E-state index contributed by atoms with van der Waals surface area (Å²) in [5.74, 6) is -0.943. The largest absolute Gasteiger partial charge is 0.618 e. The van der Waals surface area contributed by atoms with Crippen LogP contribution < -0.4 is 9.45 Å². The van der Waals surface area contributed by atoms with Crippen LogP contribution in [-0.4, -0.2) is 22.6 Å². The quantitative estimate of drug-likeness (QED) is 0.274. The molecule has 0 radical (unpaired) electrons. The summed E-state index contributed by atoms with van der Waals surface area (Å²) in [6.45, 7) is 1.51. The molecule has 7 nitrogen and oxygen atoms in total. The molecule has 1 heterocycles. The maximum Gasteiger partial charge on any atom is 0.222 e. The molecule has 180 valence electrons. The third kappa shape index (κ3) is 4.59. The minimum Gasteiger partial charge on any atom is -0.618 e. The van der Waals surface area contributed by atoms with E-state index in [1.807, 2.05) is 0 Å². The smallest absolute Gasteiger partial charge is 0.222 e. The first-order chi connectivity index (χ1) is 15.7. The molecule has 33 heavy (non-hydrogen) atoms. The molecule has 4 rings (SSSR count). The third-order valence-electron chi connectivity index (χ3n) is 6.85. The zero-order chi connectivity index (χ0) is 23.8. The second-order valence-corrected chi connectivity index (χ2v) is 11.8. The Labute approximate surface area is 195 Å². The highest BCUT2D eigenvalue weighted by molar-refractivity contribution is 7.91. The summed E-state index contributed by atoms with van der Waals surface area (Å²) < 4.78 is 67.3. The molecule has 1 saturated carbocycles. The zero-order valence-electron chi connectivity index (χ0n) is 18.6. The molecule has 2 aliphatic rings. The van der Waals surface area contributed by atoms with Crippen molar-refractivity contribution in [2.24, 2.45) is 0 Å². The van der Waals surface area contributed by atoms with Gasteiger partial charge in [-0.25, -0.2) is 21.2 Å². The number of anilines is 1. The molecule has 1 aromatic carbocycles. The van der Waals surface area contributed by atoms with Crippen LogP contribution in [0.25, 0.3) is 11.1 Å². The summed E-state index contributed by atoms with van der Waals surface area (Å²) in [7, 11) is -6.75. The summed E-state index contributed by atoms with van der Waals surface area (Å²) in [5, 5.41) is 13.5. The number of sulfone groups is 1. The normalized spacial score (nSPS) is 17.2. The lowest BCUT2D eigenvalue weighted by molar-refractivity contribution is -0.624. The van der Waals surface area contributed by atoms with E-state index in [2.05, 4.69) is 4.72 Å². The van der Waals surface area contributed by atoms with Gasteiger partial charge in [-0.3, -0.25) is 4.72 Å². The van der Waals surface area contributed by atoms with Gasteiger partial charge in [0.1, 0.15) is 11.5 Å². The average Bonchev–Trinajstić information content (AvgIpc) is 2.80. The zero-order valence-corrected chi connectivity index (χ0v) is 20.3. The van der Waals surface area contributed by atoms with Gasteiger partial charge in [-0.05, 0) is 50.3 Å². The van der Waals surface area contributed by atoms with Crippen molar-refractivity contribution in [3.63, 3.8) is 0 Å². The molecule has 0 amide bonds. The molecule has 1 N–H and O–H groups in total. The molecule has 2 aromatic rings. The molecular formula is C23H29FN2O5S2. The number of aromatic nitrogens is 1. The van der Waals surface area contributed by atoms with E-state index in [0.717, 1.165) is 55.7 Å². The fraction of sp³-hybridized carbons (Fsp3) is 0.522. The number of hydrogen-bond donors (Lipinski definition) is 2. The summed E-state index contributed by atoms with van der Waals surface area (Å²) in [6.07, 6.45) is 7.01. The number of halogens is 1. The van der Waals surface area contributed by atoms with E-state index in [-0.39, 0.29) is 27.8 Å². The van der Waals surface area contributed by atoms with Crippen LogP contribution in [0.4, 0.5) is 10.1 Å². The summed E-state index contributed by atoms with van der Waals surface area (Å²) in [6, 6.07) is 3.61. The van der Waals surface area contributed by atoms with Crippen molar-refractivity contribution in [2.45, 2.75) is 75.5 Å². The summed E-state index contributed by atoms with van der Waals surface area (Å²) >= 11 is 0. The number of nitrogens with one attached hydrogen (secondary N) is 1. The first-order valence-corrected chi connectivity index (χ1v) is 14.3. The number of nitrogens with zero attached hydrogens (tertiary/aromatic N) is 1. The molecule has 0 atom stereocenters. The van der Waals surface area contributed by atoms with Gasteiger partial charge in [0.05, 0.1) is 10.6 Å². The van der Waals surface area contributed by atoms with Crippen LogP contribution in [0.2, 0.25) is 0 Å². The van der Waals surface area contributed by atoms with Gasteiger partial charge in [0.2, 0.25) is 16.6 Å². The Morgan fingerprint density at radius 2 is 1.82 bits per heavy atom. The summed E-state index contributed by atoms with van der Waals surface area (Å²) in [4.78, 5) is -0.0264. The predicted molar refractivity (Wildman–Crippen MR) is 125 cm³/mol.